The van der Waals surface area contributed by atoms with Crippen LogP contribution in [0.1, 0.15) is 60.8 Å². The summed E-state index contributed by atoms with van der Waals surface area (Å²) in [6, 6.07) is 13.8. The largest absolute Gasteiger partial charge is 0.339 e. The Morgan fingerprint density at radius 3 is 2.52 bits per heavy atom. The molecule has 0 spiro atoms. The Labute approximate surface area is 186 Å². The van der Waals surface area contributed by atoms with Crippen molar-refractivity contribution in [3.8, 4) is 0 Å². The molecule has 162 valence electrons. The van der Waals surface area contributed by atoms with Crippen LogP contribution in [0.25, 0.3) is 10.8 Å². The van der Waals surface area contributed by atoms with Crippen molar-refractivity contribution in [2.75, 3.05) is 18.4 Å². The Hall–Kier alpha value is -2.80. The minimum atomic E-state index is -0.114. The van der Waals surface area contributed by atoms with Crippen molar-refractivity contribution in [2.24, 2.45) is 5.92 Å². The number of anilines is 1. The summed E-state index contributed by atoms with van der Waals surface area (Å²) in [5.41, 5.74) is 0.726. The van der Waals surface area contributed by atoms with Gasteiger partial charge in [0.05, 0.1) is 0 Å². The van der Waals surface area contributed by atoms with Crippen molar-refractivity contribution in [2.45, 2.75) is 45.4 Å². The number of likely N-dealkylation sites (tertiary alicyclic amines) is 1. The number of carbonyl (C=O) groups excluding carboxylic acids is 2. The average Bonchev–Trinajstić information content (AvgIpc) is 3.27. The van der Waals surface area contributed by atoms with E-state index >= 15 is 0 Å². The third kappa shape index (κ3) is 4.61. The van der Waals surface area contributed by atoms with Crippen LogP contribution in [-0.2, 0) is 4.79 Å². The quantitative estimate of drug-likeness (QED) is 0.584. The molecule has 1 saturated heterocycles. The maximum Gasteiger partial charge on any atom is 0.254 e. The van der Waals surface area contributed by atoms with Crippen molar-refractivity contribution >= 4 is 39.1 Å². The van der Waals surface area contributed by atoms with Crippen molar-refractivity contribution in [1.82, 2.24) is 15.1 Å². The van der Waals surface area contributed by atoms with Crippen molar-refractivity contribution in [1.29, 1.82) is 0 Å². The van der Waals surface area contributed by atoms with Crippen LogP contribution in [-0.4, -0.2) is 40.0 Å². The van der Waals surface area contributed by atoms with E-state index in [0.29, 0.717) is 37.0 Å². The number of amides is 2. The molecular weight excluding hydrogens is 408 g/mol. The summed E-state index contributed by atoms with van der Waals surface area (Å²) in [7, 11) is 0. The normalized spacial score (nSPS) is 14.9. The summed E-state index contributed by atoms with van der Waals surface area (Å²) in [5, 5.41) is 14.9. The second kappa shape index (κ2) is 9.56. The van der Waals surface area contributed by atoms with E-state index in [2.05, 4.69) is 29.4 Å². The Balaban J connectivity index is 1.36. The first-order valence-electron chi connectivity index (χ1n) is 11.0. The molecule has 1 aliphatic rings. The van der Waals surface area contributed by atoms with Gasteiger partial charge in [-0.25, -0.2) is 0 Å². The van der Waals surface area contributed by atoms with Crippen molar-refractivity contribution < 1.29 is 9.59 Å². The van der Waals surface area contributed by atoms with E-state index in [1.807, 2.05) is 47.4 Å². The molecule has 0 unspecified atom stereocenters. The molecule has 0 radical (unpaired) electrons. The van der Waals surface area contributed by atoms with Crippen LogP contribution < -0.4 is 5.32 Å². The predicted molar refractivity (Wildman–Crippen MR) is 124 cm³/mol. The van der Waals surface area contributed by atoms with E-state index in [1.54, 1.807) is 0 Å². The Morgan fingerprint density at radius 1 is 1.06 bits per heavy atom. The summed E-state index contributed by atoms with van der Waals surface area (Å²) >= 11 is 1.47. The fraction of sp³-hybridized carbons (Fsp3) is 0.417. The van der Waals surface area contributed by atoms with Gasteiger partial charge in [-0.2, -0.15) is 0 Å². The lowest BCUT2D eigenvalue weighted by Gasteiger charge is -2.31. The van der Waals surface area contributed by atoms with Crippen LogP contribution in [0.2, 0.25) is 0 Å². The summed E-state index contributed by atoms with van der Waals surface area (Å²) in [4.78, 5) is 27.7. The first-order valence-corrected chi connectivity index (χ1v) is 11.8. The highest BCUT2D eigenvalue weighted by atomic mass is 32.1. The van der Waals surface area contributed by atoms with Gasteiger partial charge in [-0.3, -0.25) is 9.59 Å². The fourth-order valence-electron chi connectivity index (χ4n) is 4.22. The van der Waals surface area contributed by atoms with Crippen LogP contribution in [0.3, 0.4) is 0 Å². The molecule has 6 nitrogen and oxygen atoms in total. The second-order valence-corrected chi connectivity index (χ2v) is 9.05. The second-order valence-electron chi connectivity index (χ2n) is 8.04. The number of nitrogens with one attached hydrogen (secondary N) is 1. The van der Waals surface area contributed by atoms with E-state index in [9.17, 15) is 9.59 Å². The monoisotopic (exact) mass is 436 g/mol. The number of rotatable bonds is 6. The van der Waals surface area contributed by atoms with Gasteiger partial charge in [0.15, 0.2) is 0 Å². The molecule has 0 bridgehead atoms. The first-order chi connectivity index (χ1) is 15.1. The van der Waals surface area contributed by atoms with Gasteiger partial charge in [-0.15, -0.1) is 10.2 Å². The van der Waals surface area contributed by atoms with E-state index in [4.69, 9.17) is 0 Å². The Kier molecular flexibility index (Phi) is 6.61. The van der Waals surface area contributed by atoms with E-state index in [0.717, 1.165) is 34.2 Å². The molecule has 3 aromatic rings. The molecule has 1 aliphatic heterocycles. The molecule has 31 heavy (non-hydrogen) atoms. The van der Waals surface area contributed by atoms with E-state index in [1.165, 1.54) is 11.3 Å². The molecule has 1 aromatic heterocycles. The molecule has 7 heteroatoms. The van der Waals surface area contributed by atoms with E-state index < -0.39 is 0 Å². The summed E-state index contributed by atoms with van der Waals surface area (Å²) in [6.45, 7) is 5.44. The number of piperidine rings is 1. The van der Waals surface area contributed by atoms with Gasteiger partial charge in [0.25, 0.3) is 5.91 Å². The van der Waals surface area contributed by atoms with Gasteiger partial charge >= 0.3 is 0 Å². The van der Waals surface area contributed by atoms with Crippen molar-refractivity contribution in [3.63, 3.8) is 0 Å². The summed E-state index contributed by atoms with van der Waals surface area (Å²) < 4.78 is 0. The standard InChI is InChI=1S/C24H28N4O2S/c1-3-16(4-2)22-26-27-24(31-22)25-21(29)18-12-14-28(15-13-18)23(30)20-11-7-9-17-8-5-6-10-19(17)20/h5-11,16,18H,3-4,12-15H2,1-2H3,(H,25,27,29). The summed E-state index contributed by atoms with van der Waals surface area (Å²) in [5.74, 6) is 0.294. The van der Waals surface area contributed by atoms with Crippen LogP contribution in [0.15, 0.2) is 42.5 Å². The molecule has 1 N–H and O–H groups in total. The number of nitrogens with zero attached hydrogens (tertiary/aromatic N) is 3. The summed E-state index contributed by atoms with van der Waals surface area (Å²) in [6.07, 6.45) is 3.34. The minimum absolute atomic E-state index is 0.0236. The Bertz CT molecular complexity index is 1060. The molecular formula is C24H28N4O2S. The topological polar surface area (TPSA) is 75.2 Å². The fourth-order valence-corrected chi connectivity index (χ4v) is 5.24. The molecule has 0 saturated carbocycles. The van der Waals surface area contributed by atoms with Gasteiger partial charge in [0.1, 0.15) is 5.01 Å². The zero-order valence-corrected chi connectivity index (χ0v) is 18.8. The van der Waals surface area contributed by atoms with E-state index in [-0.39, 0.29) is 17.7 Å². The third-order valence-electron chi connectivity index (χ3n) is 6.18. The smallest absolute Gasteiger partial charge is 0.254 e. The molecule has 4 rings (SSSR count). The van der Waals surface area contributed by atoms with Gasteiger partial charge < -0.3 is 10.2 Å². The molecule has 0 atom stereocenters. The van der Waals surface area contributed by atoms with Gasteiger partial charge in [-0.1, -0.05) is 61.6 Å². The lowest BCUT2D eigenvalue weighted by molar-refractivity contribution is -0.121. The van der Waals surface area contributed by atoms with Crippen LogP contribution >= 0.6 is 11.3 Å². The average molecular weight is 437 g/mol. The Morgan fingerprint density at radius 2 is 1.77 bits per heavy atom. The lowest BCUT2D eigenvalue weighted by Crippen LogP contribution is -2.41. The zero-order valence-electron chi connectivity index (χ0n) is 18.0. The van der Waals surface area contributed by atoms with Crippen LogP contribution in [0.4, 0.5) is 5.13 Å². The molecule has 1 fully saturated rings. The number of aromatic nitrogens is 2. The number of fused-ring (bicyclic) bond motifs is 1. The molecule has 2 aromatic carbocycles. The lowest BCUT2D eigenvalue weighted by atomic mass is 9.95. The zero-order chi connectivity index (χ0) is 21.8. The molecule has 2 heterocycles. The van der Waals surface area contributed by atoms with Gasteiger partial charge in [0, 0.05) is 30.5 Å². The number of hydrogen-bond donors (Lipinski definition) is 1. The highest BCUT2D eigenvalue weighted by Crippen LogP contribution is 2.29. The highest BCUT2D eigenvalue weighted by molar-refractivity contribution is 7.15. The molecule has 2 amide bonds. The highest BCUT2D eigenvalue weighted by Gasteiger charge is 2.29. The molecule has 0 aliphatic carbocycles. The maximum absolute atomic E-state index is 13.1. The van der Waals surface area contributed by atoms with Crippen molar-refractivity contribution in [3.05, 3.63) is 53.0 Å². The van der Waals surface area contributed by atoms with Gasteiger partial charge in [-0.05, 0) is 42.5 Å². The van der Waals surface area contributed by atoms with Crippen LogP contribution in [0.5, 0.6) is 0 Å². The number of benzene rings is 2. The number of carbonyl (C=O) groups is 2. The predicted octanol–water partition coefficient (Wildman–Crippen LogP) is 5.09. The third-order valence-corrected chi connectivity index (χ3v) is 7.18. The maximum atomic E-state index is 13.1. The number of hydrogen-bond acceptors (Lipinski definition) is 5. The SMILES string of the molecule is CCC(CC)c1nnc(NC(=O)C2CCN(C(=O)c3cccc4ccccc34)CC2)s1. The van der Waals surface area contributed by atoms with Crippen LogP contribution in [0, 0.1) is 5.92 Å². The van der Waals surface area contributed by atoms with Gasteiger partial charge in [0.2, 0.25) is 11.0 Å². The first kappa shape index (κ1) is 21.4. The minimum Gasteiger partial charge on any atom is -0.339 e.